The van der Waals surface area contributed by atoms with E-state index in [1.807, 2.05) is 0 Å². The van der Waals surface area contributed by atoms with Gasteiger partial charge in [0.15, 0.2) is 0 Å². The Bertz CT molecular complexity index is 662. The third-order valence-corrected chi connectivity index (χ3v) is 3.25. The zero-order chi connectivity index (χ0) is 14.7. The second kappa shape index (κ2) is 6.22. The minimum Gasteiger partial charge on any atom is -0.506 e. The average Bonchev–Trinajstić information content (AvgIpc) is 2.38. The van der Waals surface area contributed by atoms with Gasteiger partial charge in [-0.3, -0.25) is 0 Å². The predicted molar refractivity (Wildman–Crippen MR) is 82.2 cm³/mol. The number of urea groups is 1. The predicted octanol–water partition coefficient (Wildman–Crippen LogP) is 5.00. The highest BCUT2D eigenvalue weighted by molar-refractivity contribution is 6.35. The molecule has 0 radical (unpaired) electrons. The highest BCUT2D eigenvalue weighted by atomic mass is 35.5. The number of hydrogen-bond acceptors (Lipinski definition) is 2. The van der Waals surface area contributed by atoms with Crippen LogP contribution in [0, 0.1) is 0 Å². The van der Waals surface area contributed by atoms with E-state index in [0.29, 0.717) is 21.4 Å². The van der Waals surface area contributed by atoms with Gasteiger partial charge in [-0.2, -0.15) is 0 Å². The summed E-state index contributed by atoms with van der Waals surface area (Å²) in [6, 6.07) is 8.55. The maximum absolute atomic E-state index is 11.8. The SMILES string of the molecule is O=C(Nc1ccc(O)c(Cl)c1)Nc1cc(Cl)ccc1Cl. The molecule has 0 unspecified atom stereocenters. The molecule has 20 heavy (non-hydrogen) atoms. The number of hydrogen-bond donors (Lipinski definition) is 3. The van der Waals surface area contributed by atoms with Crippen LogP contribution in [0.25, 0.3) is 0 Å². The Hall–Kier alpha value is -1.62. The Kier molecular flexibility index (Phi) is 4.60. The summed E-state index contributed by atoms with van der Waals surface area (Å²) < 4.78 is 0. The highest BCUT2D eigenvalue weighted by Gasteiger charge is 2.08. The van der Waals surface area contributed by atoms with Crippen molar-refractivity contribution < 1.29 is 9.90 Å². The van der Waals surface area contributed by atoms with Gasteiger partial charge in [0.05, 0.1) is 15.7 Å². The van der Waals surface area contributed by atoms with Crippen LogP contribution in [0.1, 0.15) is 0 Å². The van der Waals surface area contributed by atoms with Crippen molar-refractivity contribution in [3.63, 3.8) is 0 Å². The van der Waals surface area contributed by atoms with Crippen molar-refractivity contribution in [1.82, 2.24) is 0 Å². The van der Waals surface area contributed by atoms with Crippen molar-refractivity contribution in [2.24, 2.45) is 0 Å². The van der Waals surface area contributed by atoms with Crippen molar-refractivity contribution in [2.45, 2.75) is 0 Å². The normalized spacial score (nSPS) is 10.2. The lowest BCUT2D eigenvalue weighted by atomic mass is 10.3. The third-order valence-electron chi connectivity index (χ3n) is 2.38. The van der Waals surface area contributed by atoms with Gasteiger partial charge in [0.2, 0.25) is 0 Å². The van der Waals surface area contributed by atoms with Crippen LogP contribution in [-0.2, 0) is 0 Å². The van der Waals surface area contributed by atoms with Gasteiger partial charge in [-0.05, 0) is 36.4 Å². The van der Waals surface area contributed by atoms with Gasteiger partial charge in [-0.1, -0.05) is 34.8 Å². The minimum absolute atomic E-state index is 0.0597. The van der Waals surface area contributed by atoms with E-state index in [1.54, 1.807) is 12.1 Å². The number of benzene rings is 2. The smallest absolute Gasteiger partial charge is 0.323 e. The number of carbonyl (C=O) groups excluding carboxylic acids is 1. The topological polar surface area (TPSA) is 61.4 Å². The average molecular weight is 332 g/mol. The van der Waals surface area contributed by atoms with E-state index in [1.165, 1.54) is 24.3 Å². The van der Waals surface area contributed by atoms with Crippen LogP contribution < -0.4 is 10.6 Å². The van der Waals surface area contributed by atoms with Crippen molar-refractivity contribution >= 4 is 52.2 Å². The number of phenols is 1. The summed E-state index contributed by atoms with van der Waals surface area (Å²) in [5.74, 6) is -0.0597. The molecule has 2 amide bonds. The first kappa shape index (κ1) is 14.8. The molecule has 0 saturated carbocycles. The number of carbonyl (C=O) groups is 1. The van der Waals surface area contributed by atoms with Gasteiger partial charge in [-0.15, -0.1) is 0 Å². The molecule has 0 aliphatic heterocycles. The molecule has 0 spiro atoms. The van der Waals surface area contributed by atoms with Gasteiger partial charge >= 0.3 is 6.03 Å². The van der Waals surface area contributed by atoms with Crippen LogP contribution in [-0.4, -0.2) is 11.1 Å². The Morgan fingerprint density at radius 3 is 2.40 bits per heavy atom. The van der Waals surface area contributed by atoms with Crippen molar-refractivity contribution in [2.75, 3.05) is 10.6 Å². The van der Waals surface area contributed by atoms with Crippen molar-refractivity contribution in [1.29, 1.82) is 0 Å². The van der Waals surface area contributed by atoms with Crippen LogP contribution in [0.5, 0.6) is 5.75 Å². The highest BCUT2D eigenvalue weighted by Crippen LogP contribution is 2.27. The van der Waals surface area contributed by atoms with Gasteiger partial charge < -0.3 is 15.7 Å². The van der Waals surface area contributed by atoms with Gasteiger partial charge in [-0.25, -0.2) is 4.79 Å². The number of rotatable bonds is 2. The number of amides is 2. The molecule has 3 N–H and O–H groups in total. The van der Waals surface area contributed by atoms with E-state index in [0.717, 1.165) is 0 Å². The molecule has 0 atom stereocenters. The maximum atomic E-state index is 11.8. The van der Waals surface area contributed by atoms with Crippen molar-refractivity contribution in [3.8, 4) is 5.75 Å². The van der Waals surface area contributed by atoms with Crippen molar-refractivity contribution in [3.05, 3.63) is 51.5 Å². The molecule has 2 aromatic rings. The molecule has 0 heterocycles. The lowest BCUT2D eigenvalue weighted by Crippen LogP contribution is -2.19. The number of phenolic OH excluding ortho intramolecular Hbond substituents is 1. The summed E-state index contributed by atoms with van der Waals surface area (Å²) in [5, 5.41) is 15.4. The van der Waals surface area contributed by atoms with Crippen LogP contribution in [0.15, 0.2) is 36.4 Å². The first-order valence-corrected chi connectivity index (χ1v) is 6.60. The molecule has 0 aliphatic carbocycles. The first-order chi connectivity index (χ1) is 9.45. The second-order valence-electron chi connectivity index (χ2n) is 3.87. The zero-order valence-electron chi connectivity index (χ0n) is 9.95. The van der Waals surface area contributed by atoms with Gasteiger partial charge in [0, 0.05) is 10.7 Å². The molecule has 0 aliphatic rings. The fourth-order valence-corrected chi connectivity index (χ4v) is 1.98. The van der Waals surface area contributed by atoms with Crippen LogP contribution >= 0.6 is 34.8 Å². The summed E-state index contributed by atoms with van der Waals surface area (Å²) in [4.78, 5) is 11.8. The van der Waals surface area contributed by atoms with E-state index < -0.39 is 6.03 Å². The van der Waals surface area contributed by atoms with E-state index in [4.69, 9.17) is 34.8 Å². The van der Waals surface area contributed by atoms with E-state index in [2.05, 4.69) is 10.6 Å². The molecule has 0 saturated heterocycles. The van der Waals surface area contributed by atoms with Gasteiger partial charge in [0.25, 0.3) is 0 Å². The molecule has 4 nitrogen and oxygen atoms in total. The number of aromatic hydroxyl groups is 1. The fraction of sp³-hybridized carbons (Fsp3) is 0. The Morgan fingerprint density at radius 2 is 1.70 bits per heavy atom. The molecule has 2 rings (SSSR count). The molecule has 7 heteroatoms. The fourth-order valence-electron chi connectivity index (χ4n) is 1.46. The standard InChI is InChI=1S/C13H9Cl3N2O2/c14-7-1-3-9(15)11(5-7)18-13(20)17-8-2-4-12(19)10(16)6-8/h1-6,19H,(H2,17,18,20). The monoisotopic (exact) mass is 330 g/mol. The van der Waals surface area contributed by atoms with Gasteiger partial charge in [0.1, 0.15) is 5.75 Å². The Labute approximate surface area is 130 Å². The van der Waals surface area contributed by atoms with E-state index in [9.17, 15) is 9.90 Å². The molecule has 104 valence electrons. The molecule has 0 aromatic heterocycles. The molecule has 2 aromatic carbocycles. The van der Waals surface area contributed by atoms with Crippen LogP contribution in [0.2, 0.25) is 15.1 Å². The van der Waals surface area contributed by atoms with Crippen LogP contribution in [0.3, 0.4) is 0 Å². The lowest BCUT2D eigenvalue weighted by molar-refractivity contribution is 0.262. The maximum Gasteiger partial charge on any atom is 0.323 e. The number of halogens is 3. The molecular weight excluding hydrogens is 323 g/mol. The Morgan fingerprint density at radius 1 is 0.950 bits per heavy atom. The summed E-state index contributed by atoms with van der Waals surface area (Å²) in [5.41, 5.74) is 0.824. The third kappa shape index (κ3) is 3.70. The summed E-state index contributed by atoms with van der Waals surface area (Å²) in [7, 11) is 0. The lowest BCUT2D eigenvalue weighted by Gasteiger charge is -2.10. The zero-order valence-corrected chi connectivity index (χ0v) is 12.2. The summed E-state index contributed by atoms with van der Waals surface area (Å²) in [6.07, 6.45) is 0. The molecule has 0 fully saturated rings. The molecule has 0 bridgehead atoms. The molecular formula is C13H9Cl3N2O2. The quantitative estimate of drug-likeness (QED) is 0.678. The summed E-state index contributed by atoms with van der Waals surface area (Å²) in [6.45, 7) is 0. The number of anilines is 2. The first-order valence-electron chi connectivity index (χ1n) is 5.47. The minimum atomic E-state index is -0.504. The van der Waals surface area contributed by atoms with E-state index in [-0.39, 0.29) is 10.8 Å². The summed E-state index contributed by atoms with van der Waals surface area (Å²) >= 11 is 17.5. The van der Waals surface area contributed by atoms with Crippen LogP contribution in [0.4, 0.5) is 16.2 Å². The van der Waals surface area contributed by atoms with E-state index >= 15 is 0 Å². The largest absolute Gasteiger partial charge is 0.506 e. The Balaban J connectivity index is 2.09. The number of nitrogens with one attached hydrogen (secondary N) is 2. The second-order valence-corrected chi connectivity index (χ2v) is 5.12.